The summed E-state index contributed by atoms with van der Waals surface area (Å²) >= 11 is 0. The van der Waals surface area contributed by atoms with E-state index in [-0.39, 0.29) is 36.1 Å². The average Bonchev–Trinajstić information content (AvgIpc) is 3.32. The van der Waals surface area contributed by atoms with Crippen LogP contribution < -0.4 is 11.1 Å². The lowest BCUT2D eigenvalue weighted by molar-refractivity contribution is 0.0963. The van der Waals surface area contributed by atoms with E-state index >= 15 is 0 Å². The van der Waals surface area contributed by atoms with Crippen molar-refractivity contribution in [3.05, 3.63) is 0 Å². The number of hydrogen-bond acceptors (Lipinski definition) is 4. The van der Waals surface area contributed by atoms with E-state index in [2.05, 4.69) is 10.3 Å². The number of nitrogens with two attached hydrogens (primary N) is 1. The number of guanidine groups is 1. The molecule has 0 aromatic carbocycles. The Balaban J connectivity index is 0.00000288. The maximum Gasteiger partial charge on any atom is 0.409 e. The summed E-state index contributed by atoms with van der Waals surface area (Å²) in [6.45, 7) is 5.19. The number of aliphatic imine (C=N–C) groups is 1. The number of likely N-dealkylation sites (tertiary alicyclic amines) is 1. The molecule has 7 nitrogen and oxygen atoms in total. The number of piperidine rings is 1. The van der Waals surface area contributed by atoms with Crippen molar-refractivity contribution >= 4 is 36.0 Å². The Labute approximate surface area is 161 Å². The van der Waals surface area contributed by atoms with Gasteiger partial charge in [0, 0.05) is 39.4 Å². The quantitative estimate of drug-likeness (QED) is 0.349. The summed E-state index contributed by atoms with van der Waals surface area (Å²) in [6.07, 6.45) is 4.99. The Hall–Kier alpha value is -0.770. The molecule has 1 saturated heterocycles. The molecule has 2 aliphatic rings. The van der Waals surface area contributed by atoms with Gasteiger partial charge in [0.15, 0.2) is 5.96 Å². The van der Waals surface area contributed by atoms with Gasteiger partial charge in [-0.15, -0.1) is 24.0 Å². The van der Waals surface area contributed by atoms with E-state index in [0.29, 0.717) is 31.1 Å². The van der Waals surface area contributed by atoms with Crippen molar-refractivity contribution in [1.82, 2.24) is 10.2 Å². The molecule has 0 aromatic heterocycles. The largest absolute Gasteiger partial charge is 0.450 e. The van der Waals surface area contributed by atoms with Crippen molar-refractivity contribution in [3.8, 4) is 0 Å². The number of rotatable bonds is 7. The minimum atomic E-state index is -0.221. The van der Waals surface area contributed by atoms with Gasteiger partial charge in [-0.25, -0.2) is 4.79 Å². The number of nitrogens with zero attached hydrogens (tertiary/aromatic N) is 2. The average molecular weight is 454 g/mol. The lowest BCUT2D eigenvalue weighted by Gasteiger charge is -2.31. The summed E-state index contributed by atoms with van der Waals surface area (Å²) in [7, 11) is 1.73. The Kier molecular flexibility index (Phi) is 9.11. The maximum absolute atomic E-state index is 11.7. The Bertz CT molecular complexity index is 422. The van der Waals surface area contributed by atoms with E-state index in [1.54, 1.807) is 12.0 Å². The van der Waals surface area contributed by atoms with Gasteiger partial charge < -0.3 is 25.4 Å². The number of halogens is 1. The summed E-state index contributed by atoms with van der Waals surface area (Å²) < 4.78 is 10.2. The highest BCUT2D eigenvalue weighted by Gasteiger charge is 2.41. The van der Waals surface area contributed by atoms with Gasteiger partial charge >= 0.3 is 6.09 Å². The van der Waals surface area contributed by atoms with Crippen LogP contribution in [0.2, 0.25) is 0 Å². The number of methoxy groups -OCH3 is 1. The number of nitrogens with one attached hydrogen (secondary N) is 1. The molecule has 0 atom stereocenters. The smallest absolute Gasteiger partial charge is 0.409 e. The summed E-state index contributed by atoms with van der Waals surface area (Å²) in [5.74, 6) is 0.517. The van der Waals surface area contributed by atoms with Gasteiger partial charge in [0.1, 0.15) is 0 Å². The van der Waals surface area contributed by atoms with Gasteiger partial charge in [0.25, 0.3) is 0 Å². The van der Waals surface area contributed by atoms with E-state index in [1.165, 1.54) is 12.8 Å². The first kappa shape index (κ1) is 21.3. The first-order valence-electron chi connectivity index (χ1n) is 8.55. The SMILES string of the molecule is CCOC(=O)N1CCC(NC(N)=NCC2(CCOC)CC2)CC1.I. The van der Waals surface area contributed by atoms with Crippen LogP contribution in [0.3, 0.4) is 0 Å². The highest BCUT2D eigenvalue weighted by molar-refractivity contribution is 14.0. The van der Waals surface area contributed by atoms with Gasteiger partial charge in [-0.2, -0.15) is 0 Å². The van der Waals surface area contributed by atoms with Crippen molar-refractivity contribution in [2.45, 2.75) is 45.1 Å². The zero-order valence-corrected chi connectivity index (χ0v) is 17.1. The minimum Gasteiger partial charge on any atom is -0.450 e. The van der Waals surface area contributed by atoms with Crippen LogP contribution in [0, 0.1) is 5.41 Å². The van der Waals surface area contributed by atoms with Crippen LogP contribution >= 0.6 is 24.0 Å². The van der Waals surface area contributed by atoms with E-state index in [4.69, 9.17) is 15.2 Å². The monoisotopic (exact) mass is 454 g/mol. The molecule has 0 spiro atoms. The molecule has 1 heterocycles. The molecule has 0 bridgehead atoms. The topological polar surface area (TPSA) is 89.2 Å². The predicted molar refractivity (Wildman–Crippen MR) is 105 cm³/mol. The fraction of sp³-hybridized carbons (Fsp3) is 0.875. The third-order valence-electron chi connectivity index (χ3n) is 4.75. The van der Waals surface area contributed by atoms with E-state index in [0.717, 1.165) is 32.4 Å². The van der Waals surface area contributed by atoms with Crippen molar-refractivity contribution in [3.63, 3.8) is 0 Å². The highest BCUT2D eigenvalue weighted by atomic mass is 127. The zero-order chi connectivity index (χ0) is 16.7. The van der Waals surface area contributed by atoms with Gasteiger partial charge in [0.05, 0.1) is 6.61 Å². The summed E-state index contributed by atoms with van der Waals surface area (Å²) in [5, 5.41) is 3.28. The second-order valence-corrected chi connectivity index (χ2v) is 6.55. The van der Waals surface area contributed by atoms with Crippen LogP contribution in [-0.2, 0) is 9.47 Å². The number of carbonyl (C=O) groups excluding carboxylic acids is 1. The Morgan fingerprint density at radius 1 is 1.38 bits per heavy atom. The van der Waals surface area contributed by atoms with Crippen molar-refractivity contribution in [2.75, 3.05) is 40.0 Å². The predicted octanol–water partition coefficient (Wildman–Crippen LogP) is 1.95. The molecule has 1 saturated carbocycles. The summed E-state index contributed by atoms with van der Waals surface area (Å²) in [5.41, 5.74) is 6.33. The van der Waals surface area contributed by atoms with Gasteiger partial charge in [-0.1, -0.05) is 0 Å². The fourth-order valence-electron chi connectivity index (χ4n) is 2.91. The lowest BCUT2D eigenvalue weighted by Crippen LogP contribution is -2.48. The highest BCUT2D eigenvalue weighted by Crippen LogP contribution is 2.48. The van der Waals surface area contributed by atoms with Gasteiger partial charge in [-0.3, -0.25) is 4.99 Å². The van der Waals surface area contributed by atoms with Crippen LogP contribution in [0.4, 0.5) is 4.79 Å². The molecule has 3 N–H and O–H groups in total. The van der Waals surface area contributed by atoms with Gasteiger partial charge in [-0.05, 0) is 44.4 Å². The molecule has 1 aliphatic heterocycles. The first-order valence-corrected chi connectivity index (χ1v) is 8.55. The molecule has 24 heavy (non-hydrogen) atoms. The van der Waals surface area contributed by atoms with Gasteiger partial charge in [0.2, 0.25) is 0 Å². The van der Waals surface area contributed by atoms with Crippen LogP contribution in [-0.4, -0.2) is 63.0 Å². The van der Waals surface area contributed by atoms with Crippen LogP contribution in [0.5, 0.6) is 0 Å². The Morgan fingerprint density at radius 2 is 2.04 bits per heavy atom. The molecule has 8 heteroatoms. The molecule has 0 radical (unpaired) electrons. The fourth-order valence-corrected chi connectivity index (χ4v) is 2.91. The molecule has 1 amide bonds. The maximum atomic E-state index is 11.7. The molecule has 0 aromatic rings. The van der Waals surface area contributed by atoms with Crippen molar-refractivity contribution in [2.24, 2.45) is 16.1 Å². The van der Waals surface area contributed by atoms with Crippen molar-refractivity contribution < 1.29 is 14.3 Å². The molecule has 2 fully saturated rings. The standard InChI is InChI=1S/C16H30N4O3.HI/c1-3-23-15(21)20-9-4-13(5-10-20)19-14(17)18-12-16(6-7-16)8-11-22-2;/h13H,3-12H2,1-2H3,(H3,17,18,19);1H. The molecular weight excluding hydrogens is 423 g/mol. The number of carbonyl (C=O) groups is 1. The number of ether oxygens (including phenoxy) is 2. The van der Waals surface area contributed by atoms with Crippen LogP contribution in [0.1, 0.15) is 39.0 Å². The second kappa shape index (κ2) is 10.3. The molecule has 0 unspecified atom stereocenters. The van der Waals surface area contributed by atoms with Crippen LogP contribution in [0.25, 0.3) is 0 Å². The van der Waals surface area contributed by atoms with E-state index < -0.39 is 0 Å². The molecular formula is C16H31IN4O3. The first-order chi connectivity index (χ1) is 11.1. The third kappa shape index (κ3) is 6.62. The van der Waals surface area contributed by atoms with E-state index in [1.807, 2.05) is 6.92 Å². The Morgan fingerprint density at radius 3 is 2.58 bits per heavy atom. The van der Waals surface area contributed by atoms with Crippen molar-refractivity contribution in [1.29, 1.82) is 0 Å². The third-order valence-corrected chi connectivity index (χ3v) is 4.75. The minimum absolute atomic E-state index is 0. The van der Waals surface area contributed by atoms with Crippen LogP contribution in [0.15, 0.2) is 4.99 Å². The molecule has 140 valence electrons. The summed E-state index contributed by atoms with van der Waals surface area (Å²) in [6, 6.07) is 0.276. The van der Waals surface area contributed by atoms with E-state index in [9.17, 15) is 4.79 Å². The normalized spacial score (nSPS) is 20.2. The second-order valence-electron chi connectivity index (χ2n) is 6.55. The molecule has 1 aliphatic carbocycles. The number of amides is 1. The summed E-state index contributed by atoms with van der Waals surface area (Å²) in [4.78, 5) is 17.9. The lowest BCUT2D eigenvalue weighted by atomic mass is 10.0. The molecule has 2 rings (SSSR count). The number of hydrogen-bond donors (Lipinski definition) is 2. The zero-order valence-electron chi connectivity index (χ0n) is 14.8.